The summed E-state index contributed by atoms with van der Waals surface area (Å²) in [5.41, 5.74) is 3.50. The Balaban J connectivity index is 1.76. The predicted molar refractivity (Wildman–Crippen MR) is 86.3 cm³/mol. The first-order valence-electron chi connectivity index (χ1n) is 7.06. The van der Waals surface area contributed by atoms with Crippen molar-refractivity contribution in [2.45, 2.75) is 13.3 Å². The lowest BCUT2D eigenvalue weighted by molar-refractivity contribution is -0.115. The van der Waals surface area contributed by atoms with E-state index in [4.69, 9.17) is 9.15 Å². The summed E-state index contributed by atoms with van der Waals surface area (Å²) in [7, 11) is 1.61. The molecule has 3 rings (SSSR count). The molecule has 112 valence electrons. The van der Waals surface area contributed by atoms with E-state index in [9.17, 15) is 4.79 Å². The zero-order valence-corrected chi connectivity index (χ0v) is 12.6. The summed E-state index contributed by atoms with van der Waals surface area (Å²) in [6.07, 6.45) is 1.90. The Morgan fingerprint density at radius 2 is 2.09 bits per heavy atom. The largest absolute Gasteiger partial charge is 0.497 e. The molecule has 1 amide bonds. The Bertz CT molecular complexity index is 820. The topological polar surface area (TPSA) is 51.5 Å². The van der Waals surface area contributed by atoms with Gasteiger partial charge in [-0.15, -0.1) is 0 Å². The van der Waals surface area contributed by atoms with E-state index in [1.54, 1.807) is 13.4 Å². The molecule has 0 aliphatic carbocycles. The molecule has 0 aliphatic heterocycles. The molecule has 0 atom stereocenters. The van der Waals surface area contributed by atoms with Gasteiger partial charge in [0.1, 0.15) is 11.3 Å². The van der Waals surface area contributed by atoms with Crippen LogP contribution in [0.25, 0.3) is 11.0 Å². The number of ether oxygens (including phenoxy) is 1. The second-order valence-electron chi connectivity index (χ2n) is 5.22. The van der Waals surface area contributed by atoms with Crippen LogP contribution in [0.1, 0.15) is 11.1 Å². The highest BCUT2D eigenvalue weighted by Crippen LogP contribution is 2.26. The van der Waals surface area contributed by atoms with Gasteiger partial charge in [0, 0.05) is 22.7 Å². The number of benzene rings is 2. The molecule has 4 nitrogen and oxygen atoms in total. The van der Waals surface area contributed by atoms with Gasteiger partial charge in [-0.2, -0.15) is 0 Å². The number of nitrogens with one attached hydrogen (secondary N) is 1. The third-order valence-corrected chi connectivity index (χ3v) is 3.52. The smallest absolute Gasteiger partial charge is 0.228 e. The Kier molecular flexibility index (Phi) is 3.83. The third kappa shape index (κ3) is 2.96. The lowest BCUT2D eigenvalue weighted by atomic mass is 10.1. The summed E-state index contributed by atoms with van der Waals surface area (Å²) in [4.78, 5) is 12.2. The fraction of sp³-hybridized carbons (Fsp3) is 0.167. The number of rotatable bonds is 4. The normalized spacial score (nSPS) is 10.6. The van der Waals surface area contributed by atoms with E-state index in [0.717, 1.165) is 33.5 Å². The number of carbonyl (C=O) groups is 1. The number of carbonyl (C=O) groups excluding carboxylic acids is 1. The average molecular weight is 295 g/mol. The molecule has 4 heteroatoms. The highest BCUT2D eigenvalue weighted by Gasteiger charge is 2.11. The Morgan fingerprint density at radius 3 is 2.86 bits per heavy atom. The van der Waals surface area contributed by atoms with Gasteiger partial charge in [0.15, 0.2) is 0 Å². The molecule has 3 aromatic rings. The molecule has 0 spiro atoms. The van der Waals surface area contributed by atoms with Crippen LogP contribution in [0.3, 0.4) is 0 Å². The quantitative estimate of drug-likeness (QED) is 0.793. The van der Waals surface area contributed by atoms with Crippen LogP contribution in [0.4, 0.5) is 5.69 Å². The van der Waals surface area contributed by atoms with Gasteiger partial charge in [-0.05, 0) is 36.8 Å². The molecule has 22 heavy (non-hydrogen) atoms. The molecule has 0 saturated heterocycles. The maximum Gasteiger partial charge on any atom is 0.228 e. The molecule has 1 aromatic heterocycles. The first kappa shape index (κ1) is 14.2. The molecular weight excluding hydrogens is 278 g/mol. The number of aryl methyl sites for hydroxylation is 1. The highest BCUT2D eigenvalue weighted by molar-refractivity contribution is 5.95. The van der Waals surface area contributed by atoms with Crippen LogP contribution in [-0.4, -0.2) is 13.0 Å². The van der Waals surface area contributed by atoms with Gasteiger partial charge in [-0.1, -0.05) is 12.1 Å². The fourth-order valence-corrected chi connectivity index (χ4v) is 2.43. The Labute approximate surface area is 128 Å². The van der Waals surface area contributed by atoms with Gasteiger partial charge in [0.2, 0.25) is 5.91 Å². The monoisotopic (exact) mass is 295 g/mol. The zero-order chi connectivity index (χ0) is 15.5. The van der Waals surface area contributed by atoms with E-state index in [-0.39, 0.29) is 12.3 Å². The summed E-state index contributed by atoms with van der Waals surface area (Å²) in [6, 6.07) is 13.3. The minimum atomic E-state index is -0.0656. The van der Waals surface area contributed by atoms with Crippen molar-refractivity contribution in [3.8, 4) is 5.75 Å². The number of amides is 1. The highest BCUT2D eigenvalue weighted by atomic mass is 16.5. The number of fused-ring (bicyclic) bond motifs is 1. The SMILES string of the molecule is COc1ccc2c(CC(=O)Nc3cccc(C)c3)coc2c1. The summed E-state index contributed by atoms with van der Waals surface area (Å²) in [6.45, 7) is 1.99. The molecule has 0 fully saturated rings. The van der Waals surface area contributed by atoms with Gasteiger partial charge in [-0.3, -0.25) is 4.79 Å². The van der Waals surface area contributed by atoms with Crippen molar-refractivity contribution in [3.63, 3.8) is 0 Å². The minimum absolute atomic E-state index is 0.0656. The van der Waals surface area contributed by atoms with E-state index >= 15 is 0 Å². The third-order valence-electron chi connectivity index (χ3n) is 3.52. The maximum atomic E-state index is 12.2. The standard InChI is InChI=1S/C18H17NO3/c1-12-4-3-5-14(8-12)19-18(20)9-13-11-22-17-10-15(21-2)6-7-16(13)17/h3-8,10-11H,9H2,1-2H3,(H,19,20). The van der Waals surface area contributed by atoms with Crippen LogP contribution in [0.2, 0.25) is 0 Å². The van der Waals surface area contributed by atoms with E-state index in [2.05, 4.69) is 5.32 Å². The second kappa shape index (κ2) is 5.93. The second-order valence-corrected chi connectivity index (χ2v) is 5.22. The van der Waals surface area contributed by atoms with Crippen LogP contribution in [0.5, 0.6) is 5.75 Å². The predicted octanol–water partition coefficient (Wildman–Crippen LogP) is 3.93. The van der Waals surface area contributed by atoms with Crippen LogP contribution in [0, 0.1) is 6.92 Å². The molecule has 1 N–H and O–H groups in total. The van der Waals surface area contributed by atoms with Crippen molar-refractivity contribution < 1.29 is 13.9 Å². The molecule has 1 heterocycles. The van der Waals surface area contributed by atoms with Gasteiger partial charge in [0.05, 0.1) is 19.8 Å². The fourth-order valence-electron chi connectivity index (χ4n) is 2.43. The van der Waals surface area contributed by atoms with Crippen LogP contribution >= 0.6 is 0 Å². The van der Waals surface area contributed by atoms with E-state index < -0.39 is 0 Å². The lowest BCUT2D eigenvalue weighted by Crippen LogP contribution is -2.14. The zero-order valence-electron chi connectivity index (χ0n) is 12.6. The van der Waals surface area contributed by atoms with E-state index in [0.29, 0.717) is 0 Å². The number of hydrogen-bond donors (Lipinski definition) is 1. The van der Waals surface area contributed by atoms with Crippen molar-refractivity contribution in [1.29, 1.82) is 0 Å². The van der Waals surface area contributed by atoms with Gasteiger partial charge >= 0.3 is 0 Å². The molecule has 0 unspecified atom stereocenters. The summed E-state index contributed by atoms with van der Waals surface area (Å²) in [5.74, 6) is 0.668. The summed E-state index contributed by atoms with van der Waals surface area (Å²) < 4.78 is 10.7. The lowest BCUT2D eigenvalue weighted by Gasteiger charge is -2.05. The average Bonchev–Trinajstić information content (AvgIpc) is 2.89. The molecule has 0 radical (unpaired) electrons. The number of methoxy groups -OCH3 is 1. The first-order valence-corrected chi connectivity index (χ1v) is 7.06. The number of hydrogen-bond acceptors (Lipinski definition) is 3. The molecule has 2 aromatic carbocycles. The number of furan rings is 1. The number of anilines is 1. The minimum Gasteiger partial charge on any atom is -0.497 e. The van der Waals surface area contributed by atoms with Crippen molar-refractivity contribution >= 4 is 22.6 Å². The molecule has 0 bridgehead atoms. The van der Waals surface area contributed by atoms with Crippen molar-refractivity contribution in [3.05, 3.63) is 59.9 Å². The van der Waals surface area contributed by atoms with E-state index in [1.807, 2.05) is 49.4 Å². The van der Waals surface area contributed by atoms with Crippen LogP contribution in [0.15, 0.2) is 53.1 Å². The van der Waals surface area contributed by atoms with Crippen molar-refractivity contribution in [2.24, 2.45) is 0 Å². The molecule has 0 aliphatic rings. The summed E-state index contributed by atoms with van der Waals surface area (Å²) in [5, 5.41) is 3.83. The molecular formula is C18H17NO3. The van der Waals surface area contributed by atoms with Gasteiger partial charge < -0.3 is 14.5 Å². The Hall–Kier alpha value is -2.75. The van der Waals surface area contributed by atoms with E-state index in [1.165, 1.54) is 0 Å². The van der Waals surface area contributed by atoms with Crippen molar-refractivity contribution in [1.82, 2.24) is 0 Å². The molecule has 0 saturated carbocycles. The summed E-state index contributed by atoms with van der Waals surface area (Å²) >= 11 is 0. The Morgan fingerprint density at radius 1 is 1.23 bits per heavy atom. The first-order chi connectivity index (χ1) is 10.7. The van der Waals surface area contributed by atoms with Gasteiger partial charge in [-0.25, -0.2) is 0 Å². The maximum absolute atomic E-state index is 12.2. The van der Waals surface area contributed by atoms with Gasteiger partial charge in [0.25, 0.3) is 0 Å². The van der Waals surface area contributed by atoms with Crippen LogP contribution < -0.4 is 10.1 Å². The van der Waals surface area contributed by atoms with Crippen LogP contribution in [-0.2, 0) is 11.2 Å². The van der Waals surface area contributed by atoms with Crippen molar-refractivity contribution in [2.75, 3.05) is 12.4 Å².